The Bertz CT molecular complexity index is 1910. The molecule has 5 rings (SSSR count). The van der Waals surface area contributed by atoms with Crippen molar-refractivity contribution in [3.05, 3.63) is 134 Å². The Labute approximate surface area is 277 Å². The molecule has 5 aromatic rings. The van der Waals surface area contributed by atoms with Gasteiger partial charge in [-0.15, -0.1) is 0 Å². The maximum atomic E-state index is 13.9. The molecule has 0 atom stereocenters. The number of rotatable bonds is 10. The maximum Gasteiger partial charge on any atom is 0.316 e. The average molecular weight is 684 g/mol. The van der Waals surface area contributed by atoms with Gasteiger partial charge in [0.2, 0.25) is 6.41 Å². The molecule has 0 saturated heterocycles. The van der Waals surface area contributed by atoms with Gasteiger partial charge < -0.3 is 14.2 Å². The second-order valence-electron chi connectivity index (χ2n) is 10.6. The van der Waals surface area contributed by atoms with Crippen LogP contribution in [0.15, 0.2) is 77.1 Å². The number of aromatic nitrogens is 4. The lowest BCUT2D eigenvalue weighted by Crippen LogP contribution is -2.18. The fraction of sp³-hybridized carbons (Fsp3) is 0.206. The lowest BCUT2D eigenvalue weighted by atomic mass is 10.00. The summed E-state index contributed by atoms with van der Waals surface area (Å²) in [7, 11) is 4.91. The summed E-state index contributed by atoms with van der Waals surface area (Å²) in [6, 6.07) is 12.3. The molecule has 48 heavy (non-hydrogen) atoms. The van der Waals surface area contributed by atoms with E-state index < -0.39 is 34.4 Å². The van der Waals surface area contributed by atoms with Crippen LogP contribution in [0.4, 0.5) is 22.0 Å². The van der Waals surface area contributed by atoms with Crippen molar-refractivity contribution in [1.29, 1.82) is 0 Å². The van der Waals surface area contributed by atoms with Gasteiger partial charge in [-0.3, -0.25) is 9.59 Å². The number of methoxy groups -OCH3 is 1. The third kappa shape index (κ3) is 8.82. The van der Waals surface area contributed by atoms with Crippen molar-refractivity contribution >= 4 is 18.2 Å². The standard InChI is InChI=1S/C18H17FN4O2S.C16H13F4NO/c1-23-10-14(7-13-8-20-17(25-2)21-9-13)16(24)22-18(23)26-11-12-3-5-15(19)6-4-12;1-9-13(17)15(19)12(16(20)14(9)18)11-5-3-10(4-6-11)7-21(2)8-22/h3-6,8-10H,7,11H2,1-2H3;3-6,8H,7H2,1-2H3. The molecule has 2 heterocycles. The minimum absolute atomic E-state index is 0.0188. The number of hydrogen-bond acceptors (Lipinski definition) is 7. The minimum atomic E-state index is -1.42. The number of nitrogens with zero attached hydrogens (tertiary/aromatic N) is 5. The molecule has 0 aliphatic carbocycles. The van der Waals surface area contributed by atoms with Gasteiger partial charge in [-0.25, -0.2) is 31.9 Å². The van der Waals surface area contributed by atoms with Crippen LogP contribution in [0.25, 0.3) is 11.1 Å². The van der Waals surface area contributed by atoms with Gasteiger partial charge in [0.15, 0.2) is 28.4 Å². The molecule has 3 aromatic carbocycles. The van der Waals surface area contributed by atoms with Gasteiger partial charge in [0.25, 0.3) is 5.56 Å². The average Bonchev–Trinajstić information content (AvgIpc) is 3.09. The van der Waals surface area contributed by atoms with Crippen LogP contribution in [0.3, 0.4) is 0 Å². The van der Waals surface area contributed by atoms with Gasteiger partial charge in [0.1, 0.15) is 5.82 Å². The van der Waals surface area contributed by atoms with Crippen LogP contribution in [-0.2, 0) is 30.6 Å². The number of ether oxygens (including phenoxy) is 1. The van der Waals surface area contributed by atoms with Crippen molar-refractivity contribution in [1.82, 2.24) is 24.4 Å². The first-order valence-electron chi connectivity index (χ1n) is 14.3. The van der Waals surface area contributed by atoms with E-state index in [4.69, 9.17) is 4.74 Å². The van der Waals surface area contributed by atoms with Crippen LogP contribution in [-0.4, -0.2) is 45.0 Å². The molecule has 0 saturated carbocycles. The van der Waals surface area contributed by atoms with Crippen LogP contribution < -0.4 is 10.3 Å². The number of amides is 1. The molecule has 0 aliphatic heterocycles. The fourth-order valence-electron chi connectivity index (χ4n) is 4.42. The van der Waals surface area contributed by atoms with Gasteiger partial charge >= 0.3 is 6.01 Å². The summed E-state index contributed by atoms with van der Waals surface area (Å²) in [5.74, 6) is -5.32. The van der Waals surface area contributed by atoms with Crippen LogP contribution in [0.5, 0.6) is 6.01 Å². The maximum absolute atomic E-state index is 13.9. The summed E-state index contributed by atoms with van der Waals surface area (Å²) in [6.45, 7) is 1.28. The SMILES string of the molecule is COc1ncc(Cc2cn(C)c(SCc3ccc(F)cc3)nc2=O)cn1.Cc1c(F)c(F)c(-c2ccc(CN(C)C=O)cc2)c(F)c1F. The van der Waals surface area contributed by atoms with Crippen molar-refractivity contribution in [3.8, 4) is 17.1 Å². The lowest BCUT2D eigenvalue weighted by molar-refractivity contribution is -0.117. The lowest BCUT2D eigenvalue weighted by Gasteiger charge is -2.12. The highest BCUT2D eigenvalue weighted by atomic mass is 32.2. The van der Waals surface area contributed by atoms with E-state index in [1.807, 2.05) is 11.6 Å². The Kier molecular flexibility index (Phi) is 12.0. The Morgan fingerprint density at radius 1 is 0.875 bits per heavy atom. The molecule has 8 nitrogen and oxygen atoms in total. The van der Waals surface area contributed by atoms with Gasteiger partial charge in [-0.1, -0.05) is 48.2 Å². The number of carbonyl (C=O) groups excluding carboxylic acids is 1. The predicted molar refractivity (Wildman–Crippen MR) is 171 cm³/mol. The zero-order valence-corrected chi connectivity index (χ0v) is 27.1. The minimum Gasteiger partial charge on any atom is -0.467 e. The number of aryl methyl sites for hydroxylation is 1. The third-order valence-electron chi connectivity index (χ3n) is 7.00. The molecule has 14 heteroatoms. The number of carbonyl (C=O) groups is 1. The predicted octanol–water partition coefficient (Wildman–Crippen LogP) is 6.41. The molecule has 0 spiro atoms. The van der Waals surface area contributed by atoms with Gasteiger partial charge in [0.05, 0.1) is 12.7 Å². The molecule has 0 bridgehead atoms. The van der Waals surface area contributed by atoms with Crippen molar-refractivity contribution in [3.63, 3.8) is 0 Å². The van der Waals surface area contributed by atoms with E-state index in [0.29, 0.717) is 41.4 Å². The number of benzene rings is 3. The van der Waals surface area contributed by atoms with E-state index in [1.54, 1.807) is 37.8 Å². The Balaban J connectivity index is 0.000000220. The molecule has 0 radical (unpaired) electrons. The monoisotopic (exact) mass is 683 g/mol. The van der Waals surface area contributed by atoms with E-state index in [2.05, 4.69) is 15.0 Å². The first-order valence-corrected chi connectivity index (χ1v) is 15.3. The molecule has 0 unspecified atom stereocenters. The van der Waals surface area contributed by atoms with E-state index >= 15 is 0 Å². The Morgan fingerprint density at radius 2 is 1.46 bits per heavy atom. The Morgan fingerprint density at radius 3 is 2.02 bits per heavy atom. The molecule has 2 aromatic heterocycles. The third-order valence-corrected chi connectivity index (χ3v) is 8.12. The molecule has 250 valence electrons. The van der Waals surface area contributed by atoms with Crippen molar-refractivity contribution in [2.45, 2.75) is 30.8 Å². The molecule has 0 N–H and O–H groups in total. The fourth-order valence-corrected chi connectivity index (χ4v) is 5.31. The Hall–Kier alpha value is -5.11. The van der Waals surface area contributed by atoms with E-state index in [0.717, 1.165) is 18.1 Å². The molecular weight excluding hydrogens is 653 g/mol. The topological polar surface area (TPSA) is 90.2 Å². The highest BCUT2D eigenvalue weighted by Crippen LogP contribution is 2.32. The highest BCUT2D eigenvalue weighted by Gasteiger charge is 2.24. The first kappa shape index (κ1) is 35.7. The van der Waals surface area contributed by atoms with E-state index in [-0.39, 0.29) is 23.0 Å². The zero-order valence-electron chi connectivity index (χ0n) is 26.3. The quantitative estimate of drug-likeness (QED) is 0.0553. The second kappa shape index (κ2) is 16.1. The number of hydrogen-bond donors (Lipinski definition) is 0. The second-order valence-corrected chi connectivity index (χ2v) is 11.6. The number of thioether (sulfide) groups is 1. The van der Waals surface area contributed by atoms with Gasteiger partial charge in [-0.2, -0.15) is 4.98 Å². The van der Waals surface area contributed by atoms with Crippen LogP contribution in [0.1, 0.15) is 27.8 Å². The smallest absolute Gasteiger partial charge is 0.316 e. The van der Waals surface area contributed by atoms with Crippen molar-refractivity contribution < 1.29 is 31.5 Å². The summed E-state index contributed by atoms with van der Waals surface area (Å²) in [6.07, 6.45) is 6.06. The van der Waals surface area contributed by atoms with Crippen molar-refractivity contribution in [2.24, 2.45) is 7.05 Å². The van der Waals surface area contributed by atoms with Gasteiger partial charge in [-0.05, 0) is 41.3 Å². The molecular formula is C34H30F5N5O3S. The van der Waals surface area contributed by atoms with Crippen LogP contribution in [0, 0.1) is 36.0 Å². The van der Waals surface area contributed by atoms with Crippen LogP contribution >= 0.6 is 11.8 Å². The molecule has 0 aliphatic rings. The molecule has 0 fully saturated rings. The normalized spacial score (nSPS) is 10.7. The summed E-state index contributed by atoms with van der Waals surface area (Å²) < 4.78 is 74.7. The number of halogens is 5. The summed E-state index contributed by atoms with van der Waals surface area (Å²) >= 11 is 1.43. The summed E-state index contributed by atoms with van der Waals surface area (Å²) in [4.78, 5) is 36.5. The summed E-state index contributed by atoms with van der Waals surface area (Å²) in [5, 5.41) is 0.606. The molecule has 1 amide bonds. The van der Waals surface area contributed by atoms with E-state index in [1.165, 1.54) is 60.2 Å². The van der Waals surface area contributed by atoms with E-state index in [9.17, 15) is 31.5 Å². The van der Waals surface area contributed by atoms with Crippen molar-refractivity contribution in [2.75, 3.05) is 14.2 Å². The van der Waals surface area contributed by atoms with Gasteiger partial charge in [0, 0.05) is 62.5 Å². The first-order chi connectivity index (χ1) is 22.9. The highest BCUT2D eigenvalue weighted by molar-refractivity contribution is 7.98. The zero-order chi connectivity index (χ0) is 35.0. The summed E-state index contributed by atoms with van der Waals surface area (Å²) in [5.41, 5.74) is 1.35. The largest absolute Gasteiger partial charge is 0.467 e. The van der Waals surface area contributed by atoms with Crippen LogP contribution in [0.2, 0.25) is 0 Å².